The third-order valence-electron chi connectivity index (χ3n) is 15.6. The summed E-state index contributed by atoms with van der Waals surface area (Å²) in [6, 6.07) is 0. The molecule has 94 heavy (non-hydrogen) atoms. The summed E-state index contributed by atoms with van der Waals surface area (Å²) in [5.41, 5.74) is 0. The maximum absolute atomic E-state index is 13.0. The summed E-state index contributed by atoms with van der Waals surface area (Å²) in [7, 11) is -9.93. The second-order valence-electron chi connectivity index (χ2n) is 24.9. The highest BCUT2D eigenvalue weighted by Gasteiger charge is 2.30. The number of carbonyl (C=O) groups excluding carboxylic acids is 4. The summed E-state index contributed by atoms with van der Waals surface area (Å²) in [6.45, 7) is 4.71. The van der Waals surface area contributed by atoms with Crippen molar-refractivity contribution in [1.29, 1.82) is 0 Å². The first-order valence-electron chi connectivity index (χ1n) is 37.2. The van der Waals surface area contributed by atoms with Crippen LogP contribution in [0.2, 0.25) is 0 Å². The quantitative estimate of drug-likeness (QED) is 0.0169. The summed E-state index contributed by atoms with van der Waals surface area (Å²) in [5.74, 6) is -2.20. The lowest BCUT2D eigenvalue weighted by molar-refractivity contribution is -0.161. The van der Waals surface area contributed by atoms with E-state index in [2.05, 4.69) is 101 Å². The van der Waals surface area contributed by atoms with Crippen molar-refractivity contribution < 1.29 is 80.2 Å². The van der Waals surface area contributed by atoms with E-state index in [-0.39, 0.29) is 25.7 Å². The molecule has 5 atom stereocenters. The summed E-state index contributed by atoms with van der Waals surface area (Å²) in [6.07, 6.45) is 66.2. The van der Waals surface area contributed by atoms with Gasteiger partial charge in [-0.1, -0.05) is 261 Å². The van der Waals surface area contributed by atoms with Crippen LogP contribution in [0.5, 0.6) is 0 Å². The Balaban J connectivity index is 5.27. The molecule has 0 heterocycles. The summed E-state index contributed by atoms with van der Waals surface area (Å²) >= 11 is 0. The number of aliphatic hydroxyl groups is 1. The molecule has 0 rings (SSSR count). The van der Waals surface area contributed by atoms with Crippen LogP contribution in [0.4, 0.5) is 0 Å². The SMILES string of the molecule is CCC/C=C\C/C=C\CCCCCCCC(=O)OCC(COP(=O)(O)OCC(O)COP(=O)(O)OCC(COC(=O)CCCCCCCC/C=C\C/C=C\C/C=C\CCCCC)OC(=O)CCCCCCCCCCCCC)OC(=O)CCCCCCC/C=C\CCCC. The molecule has 0 aliphatic carbocycles. The van der Waals surface area contributed by atoms with Crippen LogP contribution in [0.25, 0.3) is 0 Å². The second-order valence-corrected chi connectivity index (χ2v) is 27.8. The van der Waals surface area contributed by atoms with Gasteiger partial charge in [-0.3, -0.25) is 37.3 Å². The number of phosphoric ester groups is 2. The van der Waals surface area contributed by atoms with Crippen LogP contribution in [0.3, 0.4) is 0 Å². The van der Waals surface area contributed by atoms with Gasteiger partial charge >= 0.3 is 39.5 Å². The lowest BCUT2D eigenvalue weighted by Crippen LogP contribution is -2.30. The molecule has 0 saturated heterocycles. The number of hydrogen-bond donors (Lipinski definition) is 3. The van der Waals surface area contributed by atoms with E-state index in [0.717, 1.165) is 173 Å². The topological polar surface area (TPSA) is 237 Å². The summed E-state index contributed by atoms with van der Waals surface area (Å²) in [4.78, 5) is 72.6. The maximum Gasteiger partial charge on any atom is 0.472 e. The fourth-order valence-electron chi connectivity index (χ4n) is 9.89. The van der Waals surface area contributed by atoms with Gasteiger partial charge in [-0.05, 0) is 109 Å². The van der Waals surface area contributed by atoms with Crippen LogP contribution < -0.4 is 0 Å². The number of aliphatic hydroxyl groups excluding tert-OH is 1. The largest absolute Gasteiger partial charge is 0.472 e. The minimum atomic E-state index is -4.97. The number of hydrogen-bond acceptors (Lipinski definition) is 15. The molecule has 3 N–H and O–H groups in total. The number of carbonyl (C=O) groups is 4. The molecule has 0 aromatic rings. The standard InChI is InChI=1S/C75H134O17P2/c1-5-9-13-17-21-25-29-31-32-33-34-35-36-38-42-44-48-52-56-60-73(78)86-66-71(92-75(80)62-58-54-50-46-40-28-24-20-16-12-8-4)68-90-94(83,84)88-64-69(76)63-87-93(81,82)89-67-70(91-74(79)61-57-53-49-45-39-27-23-19-15-11-7-3)65-85-72(77)59-55-51-47-43-41-37-30-26-22-18-14-10-6-2/h14,18-19,21,23,25-26,30-32,34-35,69-71,76H,5-13,15-17,20,22,24,27-29,33,36-68H2,1-4H3,(H,81,82)(H,83,84)/b18-14-,23-19-,25-21-,30-26-,32-31-,35-34-. The van der Waals surface area contributed by atoms with Gasteiger partial charge in [0.2, 0.25) is 0 Å². The third kappa shape index (κ3) is 67.1. The van der Waals surface area contributed by atoms with Crippen molar-refractivity contribution in [2.45, 2.75) is 341 Å². The van der Waals surface area contributed by atoms with E-state index in [9.17, 15) is 43.2 Å². The van der Waals surface area contributed by atoms with E-state index in [4.69, 9.17) is 37.0 Å². The van der Waals surface area contributed by atoms with Gasteiger partial charge in [0.05, 0.1) is 26.4 Å². The Bertz CT molecular complexity index is 2070. The van der Waals surface area contributed by atoms with Gasteiger partial charge in [0.15, 0.2) is 12.2 Å². The fourth-order valence-corrected chi connectivity index (χ4v) is 11.5. The van der Waals surface area contributed by atoms with Gasteiger partial charge < -0.3 is 33.8 Å². The highest BCUT2D eigenvalue weighted by Crippen LogP contribution is 2.45. The average molecular weight is 1370 g/mol. The van der Waals surface area contributed by atoms with Gasteiger partial charge in [0.1, 0.15) is 19.3 Å². The first-order valence-corrected chi connectivity index (χ1v) is 40.2. The number of esters is 4. The minimum Gasteiger partial charge on any atom is -0.462 e. The molecular weight excluding hydrogens is 1230 g/mol. The number of allylic oxidation sites excluding steroid dienone is 12. The van der Waals surface area contributed by atoms with Gasteiger partial charge in [-0.15, -0.1) is 0 Å². The smallest absolute Gasteiger partial charge is 0.462 e. The normalized spacial score (nSPS) is 14.4. The predicted octanol–water partition coefficient (Wildman–Crippen LogP) is 20.9. The molecule has 0 aromatic heterocycles. The monoisotopic (exact) mass is 1370 g/mol. The zero-order valence-electron chi connectivity index (χ0n) is 59.4. The van der Waals surface area contributed by atoms with Gasteiger partial charge in [0.25, 0.3) is 0 Å². The van der Waals surface area contributed by atoms with Crippen LogP contribution in [0.1, 0.15) is 323 Å². The van der Waals surface area contributed by atoms with E-state index in [0.29, 0.717) is 25.7 Å². The molecular formula is C75H134O17P2. The molecule has 0 aliphatic heterocycles. The zero-order valence-corrected chi connectivity index (χ0v) is 61.2. The minimum absolute atomic E-state index is 0.0837. The fraction of sp³-hybridized carbons (Fsp3) is 0.787. The molecule has 0 spiro atoms. The van der Waals surface area contributed by atoms with Crippen molar-refractivity contribution in [3.05, 3.63) is 72.9 Å². The van der Waals surface area contributed by atoms with Crippen molar-refractivity contribution in [3.8, 4) is 0 Å². The van der Waals surface area contributed by atoms with E-state index in [1.807, 2.05) is 0 Å². The van der Waals surface area contributed by atoms with Gasteiger partial charge in [-0.25, -0.2) is 9.13 Å². The van der Waals surface area contributed by atoms with E-state index >= 15 is 0 Å². The molecule has 0 bridgehead atoms. The summed E-state index contributed by atoms with van der Waals surface area (Å²) < 4.78 is 68.3. The van der Waals surface area contributed by atoms with Crippen molar-refractivity contribution in [3.63, 3.8) is 0 Å². The molecule has 546 valence electrons. The van der Waals surface area contributed by atoms with Gasteiger partial charge in [-0.2, -0.15) is 0 Å². The lowest BCUT2D eigenvalue weighted by atomic mass is 10.1. The van der Waals surface area contributed by atoms with Gasteiger partial charge in [0, 0.05) is 25.7 Å². The highest BCUT2D eigenvalue weighted by molar-refractivity contribution is 7.47. The molecule has 0 fully saturated rings. The average Bonchev–Trinajstić information content (AvgIpc) is 1.24. The number of unbranched alkanes of at least 4 members (excludes halogenated alkanes) is 32. The zero-order chi connectivity index (χ0) is 69.0. The van der Waals surface area contributed by atoms with Crippen molar-refractivity contribution in [2.24, 2.45) is 0 Å². The highest BCUT2D eigenvalue weighted by atomic mass is 31.2. The van der Waals surface area contributed by atoms with Crippen molar-refractivity contribution in [2.75, 3.05) is 39.6 Å². The van der Waals surface area contributed by atoms with Crippen LogP contribution in [0.15, 0.2) is 72.9 Å². The Kier molecular flexibility index (Phi) is 65.5. The molecule has 0 aliphatic rings. The van der Waals surface area contributed by atoms with Crippen LogP contribution >= 0.6 is 15.6 Å². The van der Waals surface area contributed by atoms with E-state index < -0.39 is 97.5 Å². The molecule has 0 radical (unpaired) electrons. The maximum atomic E-state index is 13.0. The lowest BCUT2D eigenvalue weighted by Gasteiger charge is -2.21. The Morgan fingerprint density at radius 3 is 0.904 bits per heavy atom. The number of ether oxygens (including phenoxy) is 4. The Labute approximate surface area is 571 Å². The first-order chi connectivity index (χ1) is 45.7. The molecule has 0 amide bonds. The predicted molar refractivity (Wildman–Crippen MR) is 381 cm³/mol. The van der Waals surface area contributed by atoms with Crippen LogP contribution in [-0.4, -0.2) is 96.7 Å². The first kappa shape index (κ1) is 90.5. The molecule has 0 saturated carbocycles. The molecule has 0 aromatic carbocycles. The van der Waals surface area contributed by atoms with Crippen molar-refractivity contribution in [1.82, 2.24) is 0 Å². The molecule has 5 unspecified atom stereocenters. The second kappa shape index (κ2) is 68.0. The van der Waals surface area contributed by atoms with Crippen molar-refractivity contribution >= 4 is 39.5 Å². The third-order valence-corrected chi connectivity index (χ3v) is 17.5. The summed E-state index contributed by atoms with van der Waals surface area (Å²) in [5, 5.41) is 10.6. The van der Waals surface area contributed by atoms with Crippen LogP contribution in [0, 0.1) is 0 Å². The Morgan fingerprint density at radius 1 is 0.298 bits per heavy atom. The van der Waals surface area contributed by atoms with Crippen LogP contribution in [-0.2, 0) is 65.4 Å². The Morgan fingerprint density at radius 2 is 0.553 bits per heavy atom. The number of rotatable bonds is 70. The van der Waals surface area contributed by atoms with E-state index in [1.165, 1.54) is 70.6 Å². The molecule has 17 nitrogen and oxygen atoms in total. The van der Waals surface area contributed by atoms with E-state index in [1.54, 1.807) is 0 Å². The molecule has 19 heteroatoms. The Hall–Kier alpha value is -3.50. The number of phosphoric acid groups is 2.